The van der Waals surface area contributed by atoms with Gasteiger partial charge in [0.2, 0.25) is 0 Å². The quantitative estimate of drug-likeness (QED) is 0.892. The maximum atomic E-state index is 6.34. The Morgan fingerprint density at radius 3 is 2.89 bits per heavy atom. The highest BCUT2D eigenvalue weighted by Crippen LogP contribution is 2.31. The molecule has 0 spiro atoms. The minimum absolute atomic E-state index is 0.152. The molecule has 1 unspecified atom stereocenters. The number of ether oxygens (including phenoxy) is 2. The van der Waals surface area contributed by atoms with Gasteiger partial charge in [-0.25, -0.2) is 0 Å². The highest BCUT2D eigenvalue weighted by molar-refractivity contribution is 5.40. The summed E-state index contributed by atoms with van der Waals surface area (Å²) < 4.78 is 10.9. The summed E-state index contributed by atoms with van der Waals surface area (Å²) in [5, 5.41) is 0. The second-order valence-electron chi connectivity index (χ2n) is 5.36. The Kier molecular flexibility index (Phi) is 3.52. The SMILES string of the molecule is NC(CC1CCOCC1)c1ccc2c(c1)CCO2. The van der Waals surface area contributed by atoms with E-state index in [0.717, 1.165) is 57.2 Å². The second kappa shape index (κ2) is 5.29. The fraction of sp³-hybridized carbons (Fsp3) is 0.600. The van der Waals surface area contributed by atoms with Crippen molar-refractivity contribution in [3.05, 3.63) is 29.3 Å². The van der Waals surface area contributed by atoms with E-state index < -0.39 is 0 Å². The largest absolute Gasteiger partial charge is 0.493 e. The van der Waals surface area contributed by atoms with Crippen molar-refractivity contribution in [2.24, 2.45) is 11.7 Å². The first-order valence-corrected chi connectivity index (χ1v) is 6.92. The summed E-state index contributed by atoms with van der Waals surface area (Å²) in [5.74, 6) is 1.76. The van der Waals surface area contributed by atoms with Crippen LogP contribution in [0.25, 0.3) is 0 Å². The lowest BCUT2D eigenvalue weighted by molar-refractivity contribution is 0.0618. The zero-order chi connectivity index (χ0) is 12.4. The molecule has 2 heterocycles. The molecule has 2 aliphatic heterocycles. The molecule has 3 heteroatoms. The highest BCUT2D eigenvalue weighted by Gasteiger charge is 2.20. The molecular weight excluding hydrogens is 226 g/mol. The summed E-state index contributed by atoms with van der Waals surface area (Å²) in [6.45, 7) is 2.61. The van der Waals surface area contributed by atoms with Crippen LogP contribution < -0.4 is 10.5 Å². The highest BCUT2D eigenvalue weighted by atomic mass is 16.5. The van der Waals surface area contributed by atoms with Gasteiger partial charge in [0.1, 0.15) is 5.75 Å². The second-order valence-corrected chi connectivity index (χ2v) is 5.36. The van der Waals surface area contributed by atoms with E-state index in [2.05, 4.69) is 18.2 Å². The monoisotopic (exact) mass is 247 g/mol. The molecule has 2 aliphatic rings. The van der Waals surface area contributed by atoms with Crippen molar-refractivity contribution in [2.75, 3.05) is 19.8 Å². The third-order valence-corrected chi connectivity index (χ3v) is 4.07. The molecule has 3 rings (SSSR count). The van der Waals surface area contributed by atoms with Crippen LogP contribution >= 0.6 is 0 Å². The summed E-state index contributed by atoms with van der Waals surface area (Å²) in [6, 6.07) is 6.57. The molecular formula is C15H21NO2. The topological polar surface area (TPSA) is 44.5 Å². The van der Waals surface area contributed by atoms with Gasteiger partial charge in [0, 0.05) is 25.7 Å². The first-order chi connectivity index (χ1) is 8.83. The van der Waals surface area contributed by atoms with E-state index in [0.29, 0.717) is 0 Å². The van der Waals surface area contributed by atoms with Gasteiger partial charge in [0.25, 0.3) is 0 Å². The van der Waals surface area contributed by atoms with Crippen molar-refractivity contribution >= 4 is 0 Å². The Balaban J connectivity index is 1.66. The fourth-order valence-corrected chi connectivity index (χ4v) is 2.91. The van der Waals surface area contributed by atoms with Crippen LogP contribution in [0.2, 0.25) is 0 Å². The molecule has 1 aromatic carbocycles. The van der Waals surface area contributed by atoms with Crippen LogP contribution in [0, 0.1) is 5.92 Å². The van der Waals surface area contributed by atoms with Crippen LogP contribution in [-0.2, 0) is 11.2 Å². The maximum Gasteiger partial charge on any atom is 0.122 e. The van der Waals surface area contributed by atoms with Gasteiger partial charge in [-0.2, -0.15) is 0 Å². The molecule has 3 nitrogen and oxygen atoms in total. The molecule has 1 fully saturated rings. The summed E-state index contributed by atoms with van der Waals surface area (Å²) >= 11 is 0. The van der Waals surface area contributed by atoms with Gasteiger partial charge in [0.05, 0.1) is 6.61 Å². The smallest absolute Gasteiger partial charge is 0.122 e. The van der Waals surface area contributed by atoms with E-state index in [9.17, 15) is 0 Å². The molecule has 0 aromatic heterocycles. The first-order valence-electron chi connectivity index (χ1n) is 6.92. The number of hydrogen-bond donors (Lipinski definition) is 1. The average molecular weight is 247 g/mol. The molecule has 2 N–H and O–H groups in total. The summed E-state index contributed by atoms with van der Waals surface area (Å²) in [5.41, 5.74) is 8.91. The van der Waals surface area contributed by atoms with Crippen molar-refractivity contribution in [1.29, 1.82) is 0 Å². The fourth-order valence-electron chi connectivity index (χ4n) is 2.91. The third kappa shape index (κ3) is 2.52. The van der Waals surface area contributed by atoms with Gasteiger partial charge in [0.15, 0.2) is 0 Å². The van der Waals surface area contributed by atoms with Crippen LogP contribution in [0.5, 0.6) is 5.75 Å². The molecule has 0 aliphatic carbocycles. The van der Waals surface area contributed by atoms with E-state index in [-0.39, 0.29) is 6.04 Å². The summed E-state index contributed by atoms with van der Waals surface area (Å²) in [6.07, 6.45) is 4.40. The van der Waals surface area contributed by atoms with E-state index in [1.807, 2.05) is 0 Å². The maximum absolute atomic E-state index is 6.34. The van der Waals surface area contributed by atoms with Gasteiger partial charge in [-0.1, -0.05) is 12.1 Å². The Bertz CT molecular complexity index is 413. The van der Waals surface area contributed by atoms with E-state index in [1.165, 1.54) is 11.1 Å². The molecule has 0 radical (unpaired) electrons. The Hall–Kier alpha value is -1.06. The van der Waals surface area contributed by atoms with Crippen LogP contribution in [0.15, 0.2) is 18.2 Å². The minimum Gasteiger partial charge on any atom is -0.493 e. The molecule has 1 atom stereocenters. The molecule has 0 bridgehead atoms. The van der Waals surface area contributed by atoms with E-state index >= 15 is 0 Å². The van der Waals surface area contributed by atoms with Crippen molar-refractivity contribution in [2.45, 2.75) is 31.7 Å². The van der Waals surface area contributed by atoms with Crippen molar-refractivity contribution < 1.29 is 9.47 Å². The predicted octanol–water partition coefficient (Wildman–Crippen LogP) is 2.44. The lowest BCUT2D eigenvalue weighted by Gasteiger charge is -2.25. The molecule has 18 heavy (non-hydrogen) atoms. The normalized spacial score (nSPS) is 21.4. The minimum atomic E-state index is 0.152. The lowest BCUT2D eigenvalue weighted by atomic mass is 9.89. The van der Waals surface area contributed by atoms with Crippen LogP contribution in [0.1, 0.15) is 36.4 Å². The Morgan fingerprint density at radius 2 is 2.06 bits per heavy atom. The Labute approximate surface area is 108 Å². The van der Waals surface area contributed by atoms with Crippen LogP contribution in [-0.4, -0.2) is 19.8 Å². The molecule has 0 amide bonds. The van der Waals surface area contributed by atoms with E-state index in [1.54, 1.807) is 0 Å². The van der Waals surface area contributed by atoms with Crippen LogP contribution in [0.4, 0.5) is 0 Å². The molecule has 1 saturated heterocycles. The number of nitrogens with two attached hydrogens (primary N) is 1. The van der Waals surface area contributed by atoms with Crippen molar-refractivity contribution in [3.63, 3.8) is 0 Å². The third-order valence-electron chi connectivity index (χ3n) is 4.07. The van der Waals surface area contributed by atoms with Crippen molar-refractivity contribution in [1.82, 2.24) is 0 Å². The van der Waals surface area contributed by atoms with Crippen molar-refractivity contribution in [3.8, 4) is 5.75 Å². The molecule has 1 aromatic rings. The standard InChI is InChI=1S/C15H21NO2/c16-14(9-11-3-6-17-7-4-11)12-1-2-15-13(10-12)5-8-18-15/h1-2,10-11,14H,3-9,16H2. The van der Waals surface area contributed by atoms with Crippen LogP contribution in [0.3, 0.4) is 0 Å². The average Bonchev–Trinajstić information content (AvgIpc) is 2.87. The molecule has 98 valence electrons. The zero-order valence-corrected chi connectivity index (χ0v) is 10.7. The summed E-state index contributed by atoms with van der Waals surface area (Å²) in [7, 11) is 0. The zero-order valence-electron chi connectivity index (χ0n) is 10.7. The van der Waals surface area contributed by atoms with Gasteiger partial charge in [-0.05, 0) is 42.4 Å². The predicted molar refractivity (Wildman–Crippen MR) is 70.7 cm³/mol. The number of fused-ring (bicyclic) bond motifs is 1. The lowest BCUT2D eigenvalue weighted by Crippen LogP contribution is -2.21. The van der Waals surface area contributed by atoms with Gasteiger partial charge >= 0.3 is 0 Å². The molecule has 0 saturated carbocycles. The first kappa shape index (κ1) is 12.0. The van der Waals surface area contributed by atoms with Gasteiger partial charge < -0.3 is 15.2 Å². The summed E-state index contributed by atoms with van der Waals surface area (Å²) in [4.78, 5) is 0. The van der Waals surface area contributed by atoms with Gasteiger partial charge in [-0.15, -0.1) is 0 Å². The number of benzene rings is 1. The Morgan fingerprint density at radius 1 is 1.22 bits per heavy atom. The number of rotatable bonds is 3. The van der Waals surface area contributed by atoms with E-state index in [4.69, 9.17) is 15.2 Å². The number of hydrogen-bond acceptors (Lipinski definition) is 3. The van der Waals surface area contributed by atoms with Gasteiger partial charge in [-0.3, -0.25) is 0 Å².